The topological polar surface area (TPSA) is 300 Å². The lowest BCUT2D eigenvalue weighted by atomic mass is 9.79. The molecule has 3 aliphatic carbocycles. The number of aromatic nitrogens is 5. The number of benzene rings is 6. The Morgan fingerprint density at radius 1 is 0.494 bits per heavy atom. The van der Waals surface area contributed by atoms with Crippen molar-refractivity contribution in [1.29, 1.82) is 0 Å². The zero-order chi connectivity index (χ0) is 60.8. The van der Waals surface area contributed by atoms with Gasteiger partial charge >= 0.3 is 5.97 Å². The first kappa shape index (κ1) is 59.3. The van der Waals surface area contributed by atoms with E-state index < -0.39 is 5.97 Å². The minimum atomic E-state index is -0.812. The lowest BCUT2D eigenvalue weighted by molar-refractivity contribution is -0.145. The van der Waals surface area contributed by atoms with Crippen LogP contribution in [0.5, 0.6) is 0 Å². The van der Waals surface area contributed by atoms with Crippen molar-refractivity contribution in [3.63, 3.8) is 0 Å². The number of aryl methyl sites for hydroxylation is 1. The molecule has 10 aromatic rings. The molecule has 4 amide bonds. The molecule has 0 bridgehead atoms. The van der Waals surface area contributed by atoms with E-state index in [-0.39, 0.29) is 65.0 Å². The number of imidazole rings is 1. The number of nitrogens with zero attached hydrogens (tertiary/aromatic N) is 5. The maximum absolute atomic E-state index is 12.5. The average molecular weight is 1170 g/mol. The van der Waals surface area contributed by atoms with Gasteiger partial charge in [0.15, 0.2) is 34.4 Å². The third kappa shape index (κ3) is 14.8. The van der Waals surface area contributed by atoms with Gasteiger partial charge in [-0.3, -0.25) is 24.0 Å². The van der Waals surface area contributed by atoms with E-state index in [2.05, 4.69) is 65.1 Å². The van der Waals surface area contributed by atoms with Crippen molar-refractivity contribution in [3.8, 4) is 34.0 Å². The summed E-state index contributed by atoms with van der Waals surface area (Å²) in [5.74, 6) is 0.961. The van der Waals surface area contributed by atoms with Crippen molar-refractivity contribution in [2.24, 2.45) is 18.9 Å². The quantitative estimate of drug-likeness (QED) is 0.0443. The number of carbonyl (C=O) groups excluding carboxylic acids is 4. The number of para-hydroxylation sites is 6. The molecule has 9 N–H and O–H groups in total. The molecule has 444 valence electrons. The summed E-state index contributed by atoms with van der Waals surface area (Å²) < 4.78 is 17.9. The molecule has 13 rings (SSSR count). The highest BCUT2D eigenvalue weighted by Crippen LogP contribution is 2.38. The Bertz CT molecular complexity index is 3960. The van der Waals surface area contributed by atoms with E-state index in [9.17, 15) is 24.0 Å². The van der Waals surface area contributed by atoms with Crippen molar-refractivity contribution in [3.05, 3.63) is 205 Å². The largest absolute Gasteiger partial charge is 0.481 e. The van der Waals surface area contributed by atoms with E-state index in [1.807, 2.05) is 172 Å². The zero-order valence-corrected chi connectivity index (χ0v) is 48.1. The van der Waals surface area contributed by atoms with Crippen LogP contribution in [0.15, 0.2) is 196 Å². The minimum absolute atomic E-state index is 0.0361. The molecular formula is C66H66N12O9. The lowest BCUT2D eigenvalue weighted by Crippen LogP contribution is -2.48. The summed E-state index contributed by atoms with van der Waals surface area (Å²) >= 11 is 0. The Labute approximate surface area is 501 Å². The van der Waals surface area contributed by atoms with Crippen LogP contribution in [0.1, 0.15) is 81.7 Å². The van der Waals surface area contributed by atoms with Crippen molar-refractivity contribution in [2.75, 3.05) is 35.8 Å². The van der Waals surface area contributed by atoms with Gasteiger partial charge in [-0.25, -0.2) is 4.98 Å². The number of aliphatic carboxylic acids is 1. The summed E-state index contributed by atoms with van der Waals surface area (Å²) in [5, 5.41) is 38.0. The van der Waals surface area contributed by atoms with Crippen LogP contribution in [-0.2, 0) is 16.6 Å². The normalized spacial score (nSPS) is 17.9. The summed E-state index contributed by atoms with van der Waals surface area (Å²) in [6.07, 6.45) is 3.89. The van der Waals surface area contributed by atoms with Crippen LogP contribution in [0, 0.1) is 11.8 Å². The maximum atomic E-state index is 12.5. The Morgan fingerprint density at radius 2 is 0.885 bits per heavy atom. The zero-order valence-electron chi connectivity index (χ0n) is 48.1. The van der Waals surface area contributed by atoms with Crippen LogP contribution in [0.3, 0.4) is 0 Å². The molecule has 0 unspecified atom stereocenters. The Kier molecular flexibility index (Phi) is 18.9. The predicted octanol–water partition coefficient (Wildman–Crippen LogP) is 10.7. The number of hydrogen-bond acceptors (Lipinski definition) is 15. The Balaban J connectivity index is 0.000000136. The Morgan fingerprint density at radius 3 is 1.31 bits per heavy atom. The highest BCUT2D eigenvalue weighted by molar-refractivity contribution is 5.97. The van der Waals surface area contributed by atoms with Gasteiger partial charge in [-0.15, -0.1) is 0 Å². The SMILES string of the molecule is CNc1ccccc1N.CNc1ccccc1NC(=O)C1CC(NC(=O)c2cc(-c3ccccc3)on2)C1.Cn1c(C2CC(NC(=O)c3cc(-c4ccccc4)on3)C2)nc2ccccc21.O=C(NC1CC(C(=O)O)C1)c1cc(-c2ccccc2)on1. The Hall–Kier alpha value is -10.8. The van der Waals surface area contributed by atoms with Crippen molar-refractivity contribution in [1.82, 2.24) is 41.0 Å². The first-order valence-corrected chi connectivity index (χ1v) is 28.5. The summed E-state index contributed by atoms with van der Waals surface area (Å²) in [5.41, 5.74) is 14.5. The van der Waals surface area contributed by atoms with Crippen LogP contribution >= 0.6 is 0 Å². The fourth-order valence-electron chi connectivity index (χ4n) is 10.3. The molecule has 87 heavy (non-hydrogen) atoms. The van der Waals surface area contributed by atoms with E-state index in [4.69, 9.17) is 29.4 Å². The highest BCUT2D eigenvalue weighted by Gasteiger charge is 2.38. The van der Waals surface area contributed by atoms with Gasteiger partial charge in [-0.1, -0.05) is 143 Å². The fourth-order valence-corrected chi connectivity index (χ4v) is 10.3. The molecule has 0 radical (unpaired) electrons. The highest BCUT2D eigenvalue weighted by atomic mass is 16.5. The number of nitrogens with one attached hydrogen (secondary N) is 6. The number of carbonyl (C=O) groups is 5. The molecule has 3 saturated carbocycles. The number of carboxylic acid groups (broad SMARTS) is 1. The number of hydrogen-bond donors (Lipinski definition) is 8. The van der Waals surface area contributed by atoms with Crippen LogP contribution < -0.4 is 37.6 Å². The van der Waals surface area contributed by atoms with E-state index in [0.717, 1.165) is 69.1 Å². The average Bonchev–Trinajstić information content (AvgIpc) is 2.23. The molecule has 6 aromatic carbocycles. The van der Waals surface area contributed by atoms with Gasteiger partial charge in [0, 0.05) is 86.0 Å². The van der Waals surface area contributed by atoms with Gasteiger partial charge in [0.25, 0.3) is 17.7 Å². The van der Waals surface area contributed by atoms with Gasteiger partial charge < -0.3 is 60.9 Å². The molecule has 21 heteroatoms. The fraction of sp³-hybridized carbons (Fsp3) is 0.227. The number of fused-ring (bicyclic) bond motifs is 1. The van der Waals surface area contributed by atoms with Crippen molar-refractivity contribution >= 4 is 63.4 Å². The number of nitrogen functional groups attached to an aromatic ring is 1. The van der Waals surface area contributed by atoms with E-state index in [1.165, 1.54) is 0 Å². The molecule has 0 aliphatic heterocycles. The molecule has 4 aromatic heterocycles. The summed E-state index contributed by atoms with van der Waals surface area (Å²) in [6.45, 7) is 0. The molecular weight excluding hydrogens is 1100 g/mol. The van der Waals surface area contributed by atoms with Crippen LogP contribution in [-0.4, -0.2) is 91.9 Å². The molecule has 4 heterocycles. The second kappa shape index (κ2) is 27.7. The predicted molar refractivity (Wildman–Crippen MR) is 330 cm³/mol. The van der Waals surface area contributed by atoms with Crippen molar-refractivity contribution in [2.45, 2.75) is 62.6 Å². The number of carboxylic acids is 1. The second-order valence-corrected chi connectivity index (χ2v) is 21.3. The minimum Gasteiger partial charge on any atom is -0.481 e. The van der Waals surface area contributed by atoms with Gasteiger partial charge in [0.05, 0.1) is 39.7 Å². The molecule has 21 nitrogen and oxygen atoms in total. The number of anilines is 4. The monoisotopic (exact) mass is 1170 g/mol. The second-order valence-electron chi connectivity index (χ2n) is 21.3. The van der Waals surface area contributed by atoms with E-state index >= 15 is 0 Å². The van der Waals surface area contributed by atoms with E-state index in [0.29, 0.717) is 54.6 Å². The van der Waals surface area contributed by atoms with E-state index in [1.54, 1.807) is 18.2 Å². The molecule has 0 spiro atoms. The third-order valence-electron chi connectivity index (χ3n) is 15.4. The third-order valence-corrected chi connectivity index (χ3v) is 15.4. The van der Waals surface area contributed by atoms with Crippen molar-refractivity contribution < 1.29 is 42.6 Å². The first-order valence-electron chi connectivity index (χ1n) is 28.5. The smallest absolute Gasteiger partial charge is 0.306 e. The van der Waals surface area contributed by atoms with Crippen LogP contribution in [0.25, 0.3) is 45.0 Å². The molecule has 3 fully saturated rings. The maximum Gasteiger partial charge on any atom is 0.306 e. The molecule has 0 atom stereocenters. The summed E-state index contributed by atoms with van der Waals surface area (Å²) in [6, 6.07) is 56.7. The standard InChI is InChI=1S/C22H22N4O3.C22H20N4O2.C15H14N2O4.C7H10N2/c1-23-17-9-5-6-10-18(17)25-21(27)15-11-16(12-15)24-22(28)19-13-20(29-26-19)14-7-3-2-4-8-14;1-26-19-10-6-5-9-17(19)24-21(26)15-11-16(12-15)23-22(27)18-13-20(28-25-18)14-7-3-2-4-8-14;18-14(16-11-6-10(7-11)15(19)20)12-8-13(21-17-12)9-4-2-1-3-5-9;1-9-7-5-3-2-4-6(7)8/h2-10,13,15-16,23H,11-12H2,1H3,(H,24,28)(H,25,27);2-10,13,15-16H,11-12H2,1H3,(H,23,27);1-5,8,10-11H,6-7H2,(H,16,18)(H,19,20);2-5,9H,8H2,1H3. The first-order chi connectivity index (χ1) is 42.3. The number of nitrogens with two attached hydrogens (primary N) is 1. The van der Waals surface area contributed by atoms with Gasteiger partial charge in [0.1, 0.15) is 5.82 Å². The molecule has 3 aliphatic rings. The van der Waals surface area contributed by atoms with Crippen LogP contribution in [0.2, 0.25) is 0 Å². The molecule has 0 saturated heterocycles. The lowest BCUT2D eigenvalue weighted by Gasteiger charge is -2.35. The summed E-state index contributed by atoms with van der Waals surface area (Å²) in [4.78, 5) is 64.8. The van der Waals surface area contributed by atoms with Gasteiger partial charge in [-0.05, 0) is 74.9 Å². The van der Waals surface area contributed by atoms with Gasteiger partial charge in [-0.2, -0.15) is 0 Å². The van der Waals surface area contributed by atoms with Gasteiger partial charge in [0.2, 0.25) is 5.91 Å². The number of rotatable bonds is 15. The van der Waals surface area contributed by atoms with Crippen LogP contribution in [0.4, 0.5) is 22.7 Å². The number of amides is 4. The summed E-state index contributed by atoms with van der Waals surface area (Å²) in [7, 11) is 5.72.